The molecular weight excluding hydrogens is 358 g/mol. The molecule has 0 spiro atoms. The molecule has 2 N–H and O–H groups in total. The molecule has 0 radical (unpaired) electrons. The maximum atomic E-state index is 12.6. The van der Waals surface area contributed by atoms with E-state index >= 15 is 0 Å². The molecular formula is C20H29N5O3. The number of nitrogens with one attached hydrogen (secondary N) is 2. The van der Waals surface area contributed by atoms with Gasteiger partial charge in [-0.3, -0.25) is 9.78 Å². The summed E-state index contributed by atoms with van der Waals surface area (Å²) in [4.78, 5) is 30.5. The topological polar surface area (TPSA) is 94.3 Å². The van der Waals surface area contributed by atoms with Crippen molar-refractivity contribution in [2.75, 3.05) is 39.8 Å². The minimum Gasteiger partial charge on any atom is -0.497 e. The van der Waals surface area contributed by atoms with Crippen LogP contribution in [-0.4, -0.2) is 70.7 Å². The van der Waals surface area contributed by atoms with Crippen molar-refractivity contribution >= 4 is 5.91 Å². The smallest absolute Gasteiger partial charge is 0.341 e. The summed E-state index contributed by atoms with van der Waals surface area (Å²) in [6.07, 6.45) is 3.22. The Morgan fingerprint density at radius 3 is 3.00 bits per heavy atom. The molecule has 1 aromatic carbocycles. The number of carbonyl (C=O) groups excluding carboxylic acids is 1. The van der Waals surface area contributed by atoms with Gasteiger partial charge in [0.05, 0.1) is 7.11 Å². The van der Waals surface area contributed by atoms with E-state index in [1.54, 1.807) is 12.0 Å². The van der Waals surface area contributed by atoms with Crippen molar-refractivity contribution in [2.45, 2.75) is 26.2 Å². The maximum Gasteiger partial charge on any atom is 0.341 e. The fourth-order valence-electron chi connectivity index (χ4n) is 3.81. The minimum absolute atomic E-state index is 0.0811. The van der Waals surface area contributed by atoms with Gasteiger partial charge in [0.15, 0.2) is 0 Å². The number of rotatable bonds is 8. The van der Waals surface area contributed by atoms with Crippen LogP contribution >= 0.6 is 0 Å². The van der Waals surface area contributed by atoms with Gasteiger partial charge in [-0.25, -0.2) is 9.89 Å². The predicted molar refractivity (Wildman–Crippen MR) is 107 cm³/mol. The molecule has 8 heteroatoms. The van der Waals surface area contributed by atoms with Gasteiger partial charge in [-0.05, 0) is 56.3 Å². The van der Waals surface area contributed by atoms with E-state index in [0.29, 0.717) is 19.0 Å². The number of carbonyl (C=O) groups is 1. The molecule has 1 aliphatic heterocycles. The minimum atomic E-state index is -0.458. The normalized spacial score (nSPS) is 17.4. The number of hydrogen-bond acceptors (Lipinski definition) is 5. The summed E-state index contributed by atoms with van der Waals surface area (Å²) in [5.41, 5.74) is 0.815. The molecule has 0 saturated carbocycles. The number of hydrogen-bond donors (Lipinski definition) is 2. The standard InChI is InChI=1S/C20H29N5O3/c1-3-25(19(26)18-21-20(27)23-22-18)14-16-7-5-10-24(13-16)11-9-15-6-4-8-17(12-15)28-2/h4,6,8,12,16H,3,5,7,9-11,13-14H2,1-2H3,(H2,21,22,23,27)/t16-/m0/s1. The third-order valence-electron chi connectivity index (χ3n) is 5.31. The molecule has 0 unspecified atom stereocenters. The van der Waals surface area contributed by atoms with Crippen LogP contribution in [0.15, 0.2) is 29.1 Å². The summed E-state index contributed by atoms with van der Waals surface area (Å²) < 4.78 is 5.30. The Kier molecular flexibility index (Phi) is 6.86. The van der Waals surface area contributed by atoms with Crippen LogP contribution < -0.4 is 10.4 Å². The lowest BCUT2D eigenvalue weighted by atomic mass is 9.96. The number of likely N-dealkylation sites (tertiary alicyclic amines) is 1. The van der Waals surface area contributed by atoms with E-state index in [9.17, 15) is 9.59 Å². The molecule has 1 aliphatic rings. The molecule has 2 heterocycles. The zero-order chi connectivity index (χ0) is 19.9. The fourth-order valence-corrected chi connectivity index (χ4v) is 3.81. The number of nitrogens with zero attached hydrogens (tertiary/aromatic N) is 3. The Bertz CT molecular complexity index is 831. The van der Waals surface area contributed by atoms with Crippen molar-refractivity contribution in [1.29, 1.82) is 0 Å². The van der Waals surface area contributed by atoms with E-state index in [1.165, 1.54) is 5.56 Å². The van der Waals surface area contributed by atoms with Crippen LogP contribution in [0.3, 0.4) is 0 Å². The van der Waals surface area contributed by atoms with Gasteiger partial charge in [-0.2, -0.15) is 0 Å². The Morgan fingerprint density at radius 2 is 2.29 bits per heavy atom. The van der Waals surface area contributed by atoms with Gasteiger partial charge in [0.1, 0.15) is 5.75 Å². The Morgan fingerprint density at radius 1 is 1.43 bits per heavy atom. The van der Waals surface area contributed by atoms with Gasteiger partial charge in [0.25, 0.3) is 5.91 Å². The van der Waals surface area contributed by atoms with Crippen LogP contribution in [0.1, 0.15) is 35.9 Å². The van der Waals surface area contributed by atoms with Gasteiger partial charge < -0.3 is 14.5 Å². The molecule has 1 fully saturated rings. The Hall–Kier alpha value is -2.61. The molecule has 0 bridgehead atoms. The van der Waals surface area contributed by atoms with Gasteiger partial charge in [-0.15, -0.1) is 5.10 Å². The highest BCUT2D eigenvalue weighted by Crippen LogP contribution is 2.19. The molecule has 2 aromatic rings. The molecule has 28 heavy (non-hydrogen) atoms. The first-order valence-corrected chi connectivity index (χ1v) is 9.88. The molecule has 8 nitrogen and oxygen atoms in total. The lowest BCUT2D eigenvalue weighted by Gasteiger charge is -2.35. The van der Waals surface area contributed by atoms with Crippen LogP contribution in [0.2, 0.25) is 0 Å². The molecule has 3 rings (SSSR count). The van der Waals surface area contributed by atoms with Crippen LogP contribution in [-0.2, 0) is 6.42 Å². The summed E-state index contributed by atoms with van der Waals surface area (Å²) in [5, 5.41) is 6.02. The second-order valence-corrected chi connectivity index (χ2v) is 7.28. The van der Waals surface area contributed by atoms with Crippen molar-refractivity contribution in [3.63, 3.8) is 0 Å². The predicted octanol–water partition coefficient (Wildman–Crippen LogP) is 1.52. The largest absolute Gasteiger partial charge is 0.497 e. The quantitative estimate of drug-likeness (QED) is 0.716. The summed E-state index contributed by atoms with van der Waals surface area (Å²) >= 11 is 0. The van der Waals surface area contributed by atoms with Crippen LogP contribution in [0.4, 0.5) is 0 Å². The highest BCUT2D eigenvalue weighted by atomic mass is 16.5. The van der Waals surface area contributed by atoms with Crippen LogP contribution in [0, 0.1) is 5.92 Å². The Balaban J connectivity index is 1.53. The second kappa shape index (κ2) is 9.54. The lowest BCUT2D eigenvalue weighted by Crippen LogP contribution is -2.43. The number of aromatic amines is 2. The van der Waals surface area contributed by atoms with E-state index in [-0.39, 0.29) is 11.7 Å². The Labute approximate surface area is 164 Å². The van der Waals surface area contributed by atoms with Crippen molar-refractivity contribution < 1.29 is 9.53 Å². The summed E-state index contributed by atoms with van der Waals surface area (Å²) in [7, 11) is 1.69. The highest BCUT2D eigenvalue weighted by Gasteiger charge is 2.25. The molecule has 1 aromatic heterocycles. The lowest BCUT2D eigenvalue weighted by molar-refractivity contribution is 0.0679. The molecule has 0 aliphatic carbocycles. The molecule has 1 saturated heterocycles. The van der Waals surface area contributed by atoms with Gasteiger partial charge in [0.2, 0.25) is 5.82 Å². The molecule has 1 amide bonds. The van der Waals surface area contributed by atoms with Crippen LogP contribution in [0.5, 0.6) is 5.75 Å². The van der Waals surface area contributed by atoms with E-state index in [1.807, 2.05) is 19.1 Å². The fraction of sp³-hybridized carbons (Fsp3) is 0.550. The number of benzene rings is 1. The molecule has 152 valence electrons. The number of methoxy groups -OCH3 is 1. The SMILES string of the molecule is CCN(C[C@H]1CCCN(CCc2cccc(OC)c2)C1)C(=O)c1n[nH]c(=O)[nH]1. The third kappa shape index (κ3) is 5.22. The highest BCUT2D eigenvalue weighted by molar-refractivity contribution is 5.90. The van der Waals surface area contributed by atoms with Crippen molar-refractivity contribution in [2.24, 2.45) is 5.92 Å². The molecule has 1 atom stereocenters. The average Bonchev–Trinajstić information content (AvgIpc) is 3.17. The third-order valence-corrected chi connectivity index (χ3v) is 5.31. The van der Waals surface area contributed by atoms with E-state index in [4.69, 9.17) is 4.74 Å². The first-order valence-electron chi connectivity index (χ1n) is 9.88. The first-order chi connectivity index (χ1) is 13.6. The number of ether oxygens (including phenoxy) is 1. The monoisotopic (exact) mass is 387 g/mol. The van der Waals surface area contributed by atoms with Crippen molar-refractivity contribution in [1.82, 2.24) is 25.0 Å². The first kappa shape index (κ1) is 20.1. The van der Waals surface area contributed by atoms with Crippen LogP contribution in [0.25, 0.3) is 0 Å². The second-order valence-electron chi connectivity index (χ2n) is 7.28. The van der Waals surface area contributed by atoms with Gasteiger partial charge in [-0.1, -0.05) is 12.1 Å². The number of aromatic nitrogens is 3. The van der Waals surface area contributed by atoms with Gasteiger partial charge in [0, 0.05) is 26.2 Å². The van der Waals surface area contributed by atoms with E-state index in [2.05, 4.69) is 32.2 Å². The van der Waals surface area contributed by atoms with Gasteiger partial charge >= 0.3 is 5.69 Å². The summed E-state index contributed by atoms with van der Waals surface area (Å²) in [6.45, 7) is 6.29. The maximum absolute atomic E-state index is 12.6. The zero-order valence-electron chi connectivity index (χ0n) is 16.6. The number of amides is 1. The zero-order valence-corrected chi connectivity index (χ0v) is 16.6. The summed E-state index contributed by atoms with van der Waals surface area (Å²) in [6, 6.07) is 8.20. The van der Waals surface area contributed by atoms with E-state index < -0.39 is 5.69 Å². The summed E-state index contributed by atoms with van der Waals surface area (Å²) in [5.74, 6) is 1.17. The van der Waals surface area contributed by atoms with Crippen molar-refractivity contribution in [3.05, 3.63) is 46.1 Å². The van der Waals surface area contributed by atoms with Crippen molar-refractivity contribution in [3.8, 4) is 5.75 Å². The van der Waals surface area contributed by atoms with E-state index in [0.717, 1.165) is 44.6 Å². The average molecular weight is 387 g/mol. The number of piperidine rings is 1. The number of H-pyrrole nitrogens is 2.